The van der Waals surface area contributed by atoms with Crippen LogP contribution in [-0.2, 0) is 0 Å². The van der Waals surface area contributed by atoms with Crippen LogP contribution >= 0.6 is 11.6 Å². The summed E-state index contributed by atoms with van der Waals surface area (Å²) in [5.41, 5.74) is 0. The number of rotatable bonds is 0. The van der Waals surface area contributed by atoms with Crippen LogP contribution in [0.3, 0.4) is 0 Å². The Morgan fingerprint density at radius 3 is 1.40 bits per heavy atom. The first-order valence-electron chi connectivity index (χ1n) is 1.37. The molecular formula is C3H8ClF. The van der Waals surface area contributed by atoms with Gasteiger partial charge in [0.25, 0.3) is 0 Å². The lowest BCUT2D eigenvalue weighted by molar-refractivity contribution is 1.10. The van der Waals surface area contributed by atoms with Crippen molar-refractivity contribution in [2.45, 2.75) is 19.2 Å². The molecular weight excluding hydrogens is 90.5 g/mol. The molecule has 0 saturated heterocycles. The lowest BCUT2D eigenvalue weighted by Crippen LogP contribution is -1.70. The molecule has 0 nitrogen and oxygen atoms in total. The second-order valence-electron chi connectivity index (χ2n) is 1.01. The predicted octanol–water partition coefficient (Wildman–Crippen LogP) is 1.79. The van der Waals surface area contributed by atoms with Crippen LogP contribution in [0.25, 0.3) is 0 Å². The van der Waals surface area contributed by atoms with Gasteiger partial charge >= 0.3 is 0 Å². The molecule has 0 heterocycles. The summed E-state index contributed by atoms with van der Waals surface area (Å²) in [5, 5.41) is 0.306. The molecule has 0 unspecified atom stereocenters. The highest BCUT2D eigenvalue weighted by Crippen LogP contribution is 1.84. The van der Waals surface area contributed by atoms with Gasteiger partial charge in [-0.2, -0.15) is 0 Å². The minimum atomic E-state index is 0. The molecule has 0 N–H and O–H groups in total. The van der Waals surface area contributed by atoms with E-state index in [1.807, 2.05) is 13.8 Å². The van der Waals surface area contributed by atoms with E-state index in [-0.39, 0.29) is 4.70 Å². The molecule has 0 saturated carbocycles. The van der Waals surface area contributed by atoms with Crippen LogP contribution < -0.4 is 0 Å². The molecule has 0 aliphatic heterocycles. The van der Waals surface area contributed by atoms with Gasteiger partial charge in [0.2, 0.25) is 0 Å². The molecule has 0 atom stereocenters. The van der Waals surface area contributed by atoms with Gasteiger partial charge in [0.05, 0.1) is 0 Å². The van der Waals surface area contributed by atoms with Crippen molar-refractivity contribution in [3.63, 3.8) is 0 Å². The molecule has 0 aromatic carbocycles. The van der Waals surface area contributed by atoms with Crippen molar-refractivity contribution >= 4 is 11.6 Å². The Hall–Kier alpha value is 0.220. The van der Waals surface area contributed by atoms with Gasteiger partial charge in [-0.1, -0.05) is 0 Å². The Balaban J connectivity index is 0. The fraction of sp³-hybridized carbons (Fsp3) is 1.00. The third-order valence-electron chi connectivity index (χ3n) is 0. The molecule has 5 heavy (non-hydrogen) atoms. The first-order chi connectivity index (χ1) is 1.73. The summed E-state index contributed by atoms with van der Waals surface area (Å²) in [6.07, 6.45) is 0. The average molecular weight is 98.5 g/mol. The zero-order valence-electron chi connectivity index (χ0n) is 3.36. The predicted molar refractivity (Wildman–Crippen MR) is 23.5 cm³/mol. The Kier molecular flexibility index (Phi) is 7.57. The minimum Gasteiger partial charge on any atom is -0.269 e. The molecule has 0 radical (unpaired) electrons. The highest BCUT2D eigenvalue weighted by molar-refractivity contribution is 6.20. The highest BCUT2D eigenvalue weighted by atomic mass is 35.5. The number of halogens is 2. The first-order valence-corrected chi connectivity index (χ1v) is 1.81. The van der Waals surface area contributed by atoms with Crippen LogP contribution in [0.15, 0.2) is 0 Å². The lowest BCUT2D eigenvalue weighted by atomic mass is 10.6. The van der Waals surface area contributed by atoms with E-state index in [2.05, 4.69) is 0 Å². The van der Waals surface area contributed by atoms with Crippen molar-refractivity contribution in [2.75, 3.05) is 0 Å². The van der Waals surface area contributed by atoms with Gasteiger partial charge in [-0.3, -0.25) is 4.70 Å². The third-order valence-corrected chi connectivity index (χ3v) is 0. The zero-order chi connectivity index (χ0) is 3.58. The Morgan fingerprint density at radius 2 is 1.40 bits per heavy atom. The summed E-state index contributed by atoms with van der Waals surface area (Å²) in [5.74, 6) is 0. The SMILES string of the molecule is CC(C)Cl.F. The first kappa shape index (κ1) is 8.97. The van der Waals surface area contributed by atoms with E-state index < -0.39 is 0 Å². The number of alkyl halides is 1. The van der Waals surface area contributed by atoms with Gasteiger partial charge in [-0.25, -0.2) is 0 Å². The van der Waals surface area contributed by atoms with Crippen molar-refractivity contribution in [3.8, 4) is 0 Å². The molecule has 0 fully saturated rings. The maximum absolute atomic E-state index is 5.27. The average Bonchev–Trinajstić information content (AvgIpc) is 0.811. The van der Waals surface area contributed by atoms with Gasteiger partial charge < -0.3 is 0 Å². The fourth-order valence-corrected chi connectivity index (χ4v) is 0. The quantitative estimate of drug-likeness (QED) is 0.405. The molecule has 0 spiro atoms. The van der Waals surface area contributed by atoms with Crippen molar-refractivity contribution in [1.29, 1.82) is 0 Å². The zero-order valence-corrected chi connectivity index (χ0v) is 4.12. The van der Waals surface area contributed by atoms with Crippen LogP contribution in [0.5, 0.6) is 0 Å². The highest BCUT2D eigenvalue weighted by Gasteiger charge is 1.71. The molecule has 0 bridgehead atoms. The summed E-state index contributed by atoms with van der Waals surface area (Å²) in [6.45, 7) is 3.86. The van der Waals surface area contributed by atoms with Crippen LogP contribution in [-0.4, -0.2) is 5.38 Å². The normalized spacial score (nSPS) is 7.20. The second kappa shape index (κ2) is 4.22. The lowest BCUT2D eigenvalue weighted by Gasteiger charge is -1.76. The largest absolute Gasteiger partial charge is 0.269 e. The van der Waals surface area contributed by atoms with E-state index in [4.69, 9.17) is 11.6 Å². The topological polar surface area (TPSA) is 0 Å². The Morgan fingerprint density at radius 1 is 1.40 bits per heavy atom. The molecule has 0 amide bonds. The van der Waals surface area contributed by atoms with Crippen molar-refractivity contribution in [1.82, 2.24) is 0 Å². The summed E-state index contributed by atoms with van der Waals surface area (Å²) in [7, 11) is 0. The van der Waals surface area contributed by atoms with Gasteiger partial charge in [0.15, 0.2) is 0 Å². The molecule has 0 rings (SSSR count). The van der Waals surface area contributed by atoms with Crippen LogP contribution in [0.2, 0.25) is 0 Å². The molecule has 2 heteroatoms. The monoisotopic (exact) mass is 98.0 g/mol. The minimum absolute atomic E-state index is 0. The fourth-order valence-electron chi connectivity index (χ4n) is 0. The van der Waals surface area contributed by atoms with Crippen LogP contribution in [0.4, 0.5) is 4.70 Å². The van der Waals surface area contributed by atoms with Crippen LogP contribution in [0.1, 0.15) is 13.8 Å². The van der Waals surface area contributed by atoms with E-state index in [1.165, 1.54) is 0 Å². The van der Waals surface area contributed by atoms with E-state index in [0.717, 1.165) is 0 Å². The standard InChI is InChI=1S/C3H7Cl.FH/c1-3(2)4;/h3H,1-2H3;1H. The smallest absolute Gasteiger partial charge is 0.0279 e. The van der Waals surface area contributed by atoms with Crippen molar-refractivity contribution in [3.05, 3.63) is 0 Å². The Labute approximate surface area is 36.5 Å². The van der Waals surface area contributed by atoms with Crippen LogP contribution in [0, 0.1) is 0 Å². The maximum Gasteiger partial charge on any atom is 0.0279 e. The molecule has 0 aliphatic carbocycles. The molecule has 0 aromatic heterocycles. The molecule has 0 aliphatic rings. The third kappa shape index (κ3) is 430. The summed E-state index contributed by atoms with van der Waals surface area (Å²) >= 11 is 5.27. The van der Waals surface area contributed by atoms with Gasteiger partial charge in [-0.05, 0) is 13.8 Å². The maximum atomic E-state index is 5.27. The van der Waals surface area contributed by atoms with Crippen molar-refractivity contribution < 1.29 is 4.70 Å². The van der Waals surface area contributed by atoms with Gasteiger partial charge in [-0.15, -0.1) is 11.6 Å². The van der Waals surface area contributed by atoms with E-state index in [1.54, 1.807) is 0 Å². The van der Waals surface area contributed by atoms with Gasteiger partial charge in [0.1, 0.15) is 0 Å². The van der Waals surface area contributed by atoms with Crippen molar-refractivity contribution in [2.24, 2.45) is 0 Å². The van der Waals surface area contributed by atoms with E-state index >= 15 is 0 Å². The summed E-state index contributed by atoms with van der Waals surface area (Å²) < 4.78 is 0. The molecule has 34 valence electrons. The number of hydrogen-bond acceptors (Lipinski definition) is 0. The van der Waals surface area contributed by atoms with Gasteiger partial charge in [0, 0.05) is 5.38 Å². The summed E-state index contributed by atoms with van der Waals surface area (Å²) in [6, 6.07) is 0. The summed E-state index contributed by atoms with van der Waals surface area (Å²) in [4.78, 5) is 0. The number of hydrogen-bond donors (Lipinski definition) is 0. The second-order valence-corrected chi connectivity index (χ2v) is 1.89. The van der Waals surface area contributed by atoms with E-state index in [0.29, 0.717) is 5.38 Å². The van der Waals surface area contributed by atoms with E-state index in [9.17, 15) is 0 Å². The Bertz CT molecular complexity index is 11.6. The molecule has 0 aromatic rings.